The smallest absolute Gasteiger partial charge is 0.241 e. The van der Waals surface area contributed by atoms with Crippen LogP contribution in [-0.4, -0.2) is 45.6 Å². The number of carbonyl (C=O) groups excluding carboxylic acids is 1. The minimum Gasteiger partial charge on any atom is -0.439 e. The Hall–Kier alpha value is -3.84. The van der Waals surface area contributed by atoms with E-state index in [0.29, 0.717) is 11.6 Å². The first kappa shape index (κ1) is 20.4. The standard InChI is InChI=1S/C21H19FN6O3/c22-13-6-15(8-23)28(11-13)21(29)18(24)5-12-9-25-19-3-2-16(7-17(12)19)31-20-4-1-14(27-30)10-26-20/h1-4,7,9-10,13,15,18,25H,5-6,11,24H2/t13-,15-,18-/m0/s1. The maximum atomic E-state index is 13.7. The van der Waals surface area contributed by atoms with Gasteiger partial charge in [-0.05, 0) is 41.4 Å². The molecule has 1 amide bonds. The number of hydrogen-bond donors (Lipinski definition) is 2. The lowest BCUT2D eigenvalue weighted by molar-refractivity contribution is -0.132. The van der Waals surface area contributed by atoms with Crippen LogP contribution in [0.4, 0.5) is 10.1 Å². The van der Waals surface area contributed by atoms with Gasteiger partial charge in [0.1, 0.15) is 23.7 Å². The van der Waals surface area contributed by atoms with Gasteiger partial charge < -0.3 is 20.4 Å². The number of amides is 1. The molecule has 0 bridgehead atoms. The molecule has 10 heteroatoms. The first-order valence-corrected chi connectivity index (χ1v) is 9.65. The van der Waals surface area contributed by atoms with Crippen molar-refractivity contribution >= 4 is 22.5 Å². The normalized spacial score (nSPS) is 19.2. The molecule has 3 N–H and O–H groups in total. The molecule has 3 heterocycles. The van der Waals surface area contributed by atoms with E-state index in [9.17, 15) is 14.1 Å². The second kappa shape index (κ2) is 8.49. The van der Waals surface area contributed by atoms with Crippen LogP contribution in [0.5, 0.6) is 11.6 Å². The zero-order valence-corrected chi connectivity index (χ0v) is 16.4. The van der Waals surface area contributed by atoms with Crippen molar-refractivity contribution in [2.24, 2.45) is 10.9 Å². The van der Waals surface area contributed by atoms with Crippen LogP contribution in [0.3, 0.4) is 0 Å². The van der Waals surface area contributed by atoms with Crippen LogP contribution in [0.15, 0.2) is 47.9 Å². The molecule has 4 rings (SSSR count). The third kappa shape index (κ3) is 4.22. The van der Waals surface area contributed by atoms with Crippen LogP contribution in [0, 0.1) is 16.2 Å². The lowest BCUT2D eigenvalue weighted by Gasteiger charge is -2.23. The molecule has 3 aromatic rings. The second-order valence-corrected chi connectivity index (χ2v) is 7.35. The fraction of sp³-hybridized carbons (Fsp3) is 0.286. The van der Waals surface area contributed by atoms with Gasteiger partial charge in [0.25, 0.3) is 0 Å². The maximum absolute atomic E-state index is 13.7. The van der Waals surface area contributed by atoms with E-state index in [-0.39, 0.29) is 25.1 Å². The van der Waals surface area contributed by atoms with E-state index in [1.54, 1.807) is 18.3 Å². The van der Waals surface area contributed by atoms with Crippen LogP contribution < -0.4 is 10.5 Å². The van der Waals surface area contributed by atoms with Gasteiger partial charge in [-0.2, -0.15) is 5.26 Å². The molecule has 9 nitrogen and oxygen atoms in total. The van der Waals surface area contributed by atoms with Crippen molar-refractivity contribution in [2.75, 3.05) is 6.54 Å². The number of halogens is 1. The average molecular weight is 422 g/mol. The minimum absolute atomic E-state index is 0.0146. The topological polar surface area (TPSA) is 137 Å². The van der Waals surface area contributed by atoms with Gasteiger partial charge in [0.2, 0.25) is 11.8 Å². The Morgan fingerprint density at radius 1 is 1.45 bits per heavy atom. The Labute approximate surface area is 176 Å². The monoisotopic (exact) mass is 422 g/mol. The van der Waals surface area contributed by atoms with E-state index in [0.717, 1.165) is 16.5 Å². The number of benzene rings is 1. The number of pyridine rings is 1. The van der Waals surface area contributed by atoms with E-state index in [1.165, 1.54) is 23.2 Å². The molecule has 1 aliphatic heterocycles. The predicted octanol–water partition coefficient (Wildman–Crippen LogP) is 3.09. The summed E-state index contributed by atoms with van der Waals surface area (Å²) in [6, 6.07) is 8.67. The third-order valence-corrected chi connectivity index (χ3v) is 5.23. The molecule has 1 fully saturated rings. The minimum atomic E-state index is -1.21. The summed E-state index contributed by atoms with van der Waals surface area (Å²) in [4.78, 5) is 31.6. The van der Waals surface area contributed by atoms with E-state index in [4.69, 9.17) is 15.7 Å². The predicted molar refractivity (Wildman–Crippen MR) is 110 cm³/mol. The number of nitrogens with zero attached hydrogens (tertiary/aromatic N) is 4. The first-order chi connectivity index (χ1) is 15.0. The Morgan fingerprint density at radius 3 is 3.00 bits per heavy atom. The number of rotatable bonds is 6. The molecule has 1 aliphatic rings. The van der Waals surface area contributed by atoms with Crippen molar-refractivity contribution in [3.05, 3.63) is 53.2 Å². The van der Waals surface area contributed by atoms with Gasteiger partial charge in [0, 0.05) is 29.6 Å². The lowest BCUT2D eigenvalue weighted by atomic mass is 10.0. The summed E-state index contributed by atoms with van der Waals surface area (Å²) in [5, 5.41) is 12.8. The molecule has 0 radical (unpaired) electrons. The van der Waals surface area contributed by atoms with Gasteiger partial charge in [-0.1, -0.05) is 0 Å². The highest BCUT2D eigenvalue weighted by Crippen LogP contribution is 2.28. The van der Waals surface area contributed by atoms with Crippen molar-refractivity contribution in [1.29, 1.82) is 5.26 Å². The van der Waals surface area contributed by atoms with E-state index >= 15 is 0 Å². The Morgan fingerprint density at radius 2 is 2.29 bits per heavy atom. The number of nitrogens with one attached hydrogen (secondary N) is 1. The molecule has 0 aliphatic carbocycles. The number of likely N-dealkylation sites (tertiary alicyclic amines) is 1. The highest BCUT2D eigenvalue weighted by atomic mass is 19.1. The van der Waals surface area contributed by atoms with E-state index in [1.807, 2.05) is 12.1 Å². The van der Waals surface area contributed by atoms with Gasteiger partial charge in [0.15, 0.2) is 0 Å². The van der Waals surface area contributed by atoms with Gasteiger partial charge in [0.05, 0.1) is 24.9 Å². The van der Waals surface area contributed by atoms with Crippen LogP contribution in [0.2, 0.25) is 0 Å². The average Bonchev–Trinajstić information content (AvgIpc) is 3.36. The summed E-state index contributed by atoms with van der Waals surface area (Å²) in [5.74, 6) is 0.367. The number of alkyl halides is 1. The van der Waals surface area contributed by atoms with Crippen LogP contribution in [0.1, 0.15) is 12.0 Å². The summed E-state index contributed by atoms with van der Waals surface area (Å²) in [7, 11) is 0. The van der Waals surface area contributed by atoms with E-state index < -0.39 is 24.2 Å². The van der Waals surface area contributed by atoms with Gasteiger partial charge in [-0.15, -0.1) is 4.91 Å². The number of nitriles is 1. The molecular weight excluding hydrogens is 403 g/mol. The van der Waals surface area contributed by atoms with Crippen molar-refractivity contribution in [1.82, 2.24) is 14.9 Å². The van der Waals surface area contributed by atoms with Crippen LogP contribution >= 0.6 is 0 Å². The molecule has 3 atom stereocenters. The summed E-state index contributed by atoms with van der Waals surface area (Å²) in [6.07, 6.45) is 2.08. The molecule has 0 spiro atoms. The molecule has 1 aromatic carbocycles. The fourth-order valence-electron chi connectivity index (χ4n) is 3.69. The van der Waals surface area contributed by atoms with Crippen molar-refractivity contribution in [3.63, 3.8) is 0 Å². The number of ether oxygens (including phenoxy) is 1. The number of carbonyl (C=O) groups is 1. The fourth-order valence-corrected chi connectivity index (χ4v) is 3.69. The zero-order valence-electron chi connectivity index (χ0n) is 16.4. The summed E-state index contributed by atoms with van der Waals surface area (Å²) >= 11 is 0. The highest BCUT2D eigenvalue weighted by Gasteiger charge is 2.37. The largest absolute Gasteiger partial charge is 0.439 e. The Kier molecular flexibility index (Phi) is 5.60. The van der Waals surface area contributed by atoms with Gasteiger partial charge in [-0.25, -0.2) is 9.37 Å². The highest BCUT2D eigenvalue weighted by molar-refractivity contribution is 5.87. The number of nitrogens with two attached hydrogens (primary N) is 1. The van der Waals surface area contributed by atoms with Crippen molar-refractivity contribution < 1.29 is 13.9 Å². The maximum Gasteiger partial charge on any atom is 0.241 e. The number of hydrogen-bond acceptors (Lipinski definition) is 7. The quantitative estimate of drug-likeness (QED) is 0.586. The number of H-pyrrole nitrogens is 1. The number of aromatic amines is 1. The Balaban J connectivity index is 1.51. The van der Waals surface area contributed by atoms with Gasteiger partial charge >= 0.3 is 0 Å². The summed E-state index contributed by atoms with van der Waals surface area (Å²) in [5.41, 5.74) is 7.94. The van der Waals surface area contributed by atoms with Crippen molar-refractivity contribution in [3.8, 4) is 17.7 Å². The SMILES string of the molecule is N#C[C@@H]1C[C@H](F)CN1C(=O)[C@@H](N)Cc1c[nH]c2ccc(Oc3ccc(N=O)cn3)cc12. The first-order valence-electron chi connectivity index (χ1n) is 9.65. The molecule has 158 valence electrons. The zero-order chi connectivity index (χ0) is 22.0. The number of aromatic nitrogens is 2. The molecule has 31 heavy (non-hydrogen) atoms. The molecular formula is C21H19FN6O3. The third-order valence-electron chi connectivity index (χ3n) is 5.23. The molecule has 1 saturated heterocycles. The summed E-state index contributed by atoms with van der Waals surface area (Å²) in [6.45, 7) is -0.109. The number of nitroso groups, excluding NO2 is 1. The molecule has 2 aromatic heterocycles. The second-order valence-electron chi connectivity index (χ2n) is 7.35. The lowest BCUT2D eigenvalue weighted by Crippen LogP contribution is -2.46. The van der Waals surface area contributed by atoms with Crippen molar-refractivity contribution in [2.45, 2.75) is 31.1 Å². The molecule has 0 unspecified atom stereocenters. The van der Waals surface area contributed by atoms with Crippen LogP contribution in [-0.2, 0) is 11.2 Å². The van der Waals surface area contributed by atoms with E-state index in [2.05, 4.69) is 15.1 Å². The molecule has 0 saturated carbocycles. The van der Waals surface area contributed by atoms with Crippen LogP contribution in [0.25, 0.3) is 10.9 Å². The van der Waals surface area contributed by atoms with Gasteiger partial charge in [-0.3, -0.25) is 4.79 Å². The number of fused-ring (bicyclic) bond motifs is 1. The Bertz CT molecular complexity index is 1160. The summed E-state index contributed by atoms with van der Waals surface area (Å²) < 4.78 is 19.4.